The highest BCUT2D eigenvalue weighted by Gasteiger charge is 2.06. The Morgan fingerprint density at radius 3 is 1.91 bits per heavy atom. The molecule has 11 heavy (non-hydrogen) atoms. The van der Waals surface area contributed by atoms with Gasteiger partial charge in [-0.15, -0.1) is 12.4 Å². The van der Waals surface area contributed by atoms with Gasteiger partial charge in [0.15, 0.2) is 0 Å². The second-order valence-corrected chi connectivity index (χ2v) is 1.54. The van der Waals surface area contributed by atoms with E-state index in [1.54, 1.807) is 14.2 Å². The van der Waals surface area contributed by atoms with Gasteiger partial charge in [0.05, 0.1) is 6.61 Å². The molecule has 70 valence electrons. The van der Waals surface area contributed by atoms with Crippen molar-refractivity contribution in [1.82, 2.24) is 0 Å². The Hall–Kier alpha value is -0.360. The normalized spacial score (nSPS) is 10.2. The zero-order valence-electron chi connectivity index (χ0n) is 6.48. The van der Waals surface area contributed by atoms with Crippen LogP contribution in [-0.2, 0) is 9.53 Å². The van der Waals surface area contributed by atoms with E-state index in [2.05, 4.69) is 4.74 Å². The van der Waals surface area contributed by atoms with Gasteiger partial charge in [-0.2, -0.15) is 0 Å². The number of rotatable bonds is 2. The van der Waals surface area contributed by atoms with Crippen molar-refractivity contribution in [1.29, 1.82) is 0 Å². The molecule has 0 aliphatic rings. The number of hydrogen-bond acceptors (Lipinski definition) is 4. The summed E-state index contributed by atoms with van der Waals surface area (Å²) >= 11 is 0. The highest BCUT2D eigenvalue weighted by atomic mass is 35.5. The lowest BCUT2D eigenvalue weighted by molar-refractivity contribution is -0.139. The summed E-state index contributed by atoms with van der Waals surface area (Å²) < 4.78 is 4.25. The van der Waals surface area contributed by atoms with Crippen LogP contribution >= 0.6 is 12.4 Å². The Labute approximate surface area is 71.6 Å². The van der Waals surface area contributed by atoms with Crippen LogP contribution in [0.4, 0.5) is 0 Å². The Morgan fingerprint density at radius 1 is 1.64 bits per heavy atom. The third kappa shape index (κ3) is 17.7. The third-order valence-corrected chi connectivity index (χ3v) is 0.514. The first-order chi connectivity index (χ1) is 4.59. The maximum Gasteiger partial charge on any atom is 0.322 e. The fourth-order valence-electron chi connectivity index (χ4n) is 0.0781. The molecule has 1 atom stereocenters. The predicted octanol–water partition coefficient (Wildman–Crippen LogP) is -0.925. The highest BCUT2D eigenvalue weighted by Crippen LogP contribution is 1.71. The molecule has 5 nitrogen and oxygen atoms in total. The maximum atomic E-state index is 9.65. The summed E-state index contributed by atoms with van der Waals surface area (Å²) in [5.41, 5.74) is 4.77. The van der Waals surface area contributed by atoms with Crippen LogP contribution in [0, 0.1) is 0 Å². The molecule has 0 rings (SSSR count). The molecule has 0 radical (unpaired) electrons. The molecule has 0 aliphatic heterocycles. The summed E-state index contributed by atoms with van der Waals surface area (Å²) in [6.07, 6.45) is 0. The van der Waals surface area contributed by atoms with Gasteiger partial charge in [0.1, 0.15) is 6.04 Å². The lowest BCUT2D eigenvalue weighted by atomic mass is 10.3. The van der Waals surface area contributed by atoms with Gasteiger partial charge in [-0.25, -0.2) is 0 Å². The van der Waals surface area contributed by atoms with E-state index >= 15 is 0 Å². The number of halogens is 1. The molecule has 0 aromatic heterocycles. The van der Waals surface area contributed by atoms with Crippen LogP contribution in [0.25, 0.3) is 0 Å². The number of aliphatic carboxylic acids is 1. The summed E-state index contributed by atoms with van der Waals surface area (Å²) in [5.74, 6) is -1.18. The van der Waals surface area contributed by atoms with Gasteiger partial charge in [0.2, 0.25) is 0 Å². The number of aliphatic hydroxyl groups excluding tert-OH is 1. The fraction of sp³-hybridized carbons (Fsp3) is 0.800. The first-order valence-corrected chi connectivity index (χ1v) is 2.59. The number of aliphatic hydroxyl groups is 1. The number of hydrogen-bond donors (Lipinski definition) is 3. The number of carboxylic acids is 1. The van der Waals surface area contributed by atoms with Gasteiger partial charge in [-0.05, 0) is 0 Å². The molecule has 0 amide bonds. The number of nitrogens with two attached hydrogens (primary N) is 1. The van der Waals surface area contributed by atoms with Crippen molar-refractivity contribution in [3.8, 4) is 0 Å². The van der Waals surface area contributed by atoms with E-state index in [1.165, 1.54) is 0 Å². The van der Waals surface area contributed by atoms with E-state index in [-0.39, 0.29) is 12.4 Å². The molecule has 0 heterocycles. The van der Waals surface area contributed by atoms with E-state index in [0.717, 1.165) is 0 Å². The van der Waals surface area contributed by atoms with Crippen LogP contribution < -0.4 is 5.73 Å². The van der Waals surface area contributed by atoms with Crippen molar-refractivity contribution < 1.29 is 19.7 Å². The summed E-state index contributed by atoms with van der Waals surface area (Å²) in [6, 6.07) is -1.13. The predicted molar refractivity (Wildman–Crippen MR) is 42.9 cm³/mol. The number of ether oxygens (including phenoxy) is 1. The van der Waals surface area contributed by atoms with E-state index < -0.39 is 18.6 Å². The largest absolute Gasteiger partial charge is 0.480 e. The quantitative estimate of drug-likeness (QED) is 0.520. The Bertz CT molecular complexity index is 90.6. The van der Waals surface area contributed by atoms with Crippen LogP contribution in [-0.4, -0.2) is 43.1 Å². The van der Waals surface area contributed by atoms with Crippen molar-refractivity contribution in [2.24, 2.45) is 5.73 Å². The topological polar surface area (TPSA) is 92.8 Å². The average Bonchev–Trinajstić information content (AvgIpc) is 1.88. The van der Waals surface area contributed by atoms with Gasteiger partial charge in [-0.3, -0.25) is 4.79 Å². The third-order valence-electron chi connectivity index (χ3n) is 0.514. The summed E-state index contributed by atoms with van der Waals surface area (Å²) in [7, 11) is 3.25. The molecule has 0 spiro atoms. The van der Waals surface area contributed by atoms with Crippen molar-refractivity contribution in [3.63, 3.8) is 0 Å². The van der Waals surface area contributed by atoms with E-state index in [4.69, 9.17) is 15.9 Å². The SMILES string of the molecule is COC.Cl.N[C@@H](CO)C(=O)O. The number of methoxy groups -OCH3 is 1. The van der Waals surface area contributed by atoms with Crippen molar-refractivity contribution >= 4 is 18.4 Å². The number of carboxylic acid groups (broad SMARTS) is 1. The van der Waals surface area contributed by atoms with E-state index in [0.29, 0.717) is 0 Å². The van der Waals surface area contributed by atoms with Gasteiger partial charge >= 0.3 is 5.97 Å². The van der Waals surface area contributed by atoms with Gasteiger partial charge in [-0.1, -0.05) is 0 Å². The fourth-order valence-corrected chi connectivity index (χ4v) is 0.0781. The maximum absolute atomic E-state index is 9.65. The van der Waals surface area contributed by atoms with Gasteiger partial charge < -0.3 is 20.7 Å². The summed E-state index contributed by atoms with van der Waals surface area (Å²) in [6.45, 7) is -0.505. The molecule has 0 aromatic rings. The first-order valence-electron chi connectivity index (χ1n) is 2.59. The minimum absolute atomic E-state index is 0. The lowest BCUT2D eigenvalue weighted by Gasteiger charge is -1.96. The van der Waals surface area contributed by atoms with Crippen molar-refractivity contribution in [2.75, 3.05) is 20.8 Å². The van der Waals surface area contributed by atoms with Crippen molar-refractivity contribution in [3.05, 3.63) is 0 Å². The minimum Gasteiger partial charge on any atom is -0.480 e. The van der Waals surface area contributed by atoms with Crippen LogP contribution in [0.1, 0.15) is 0 Å². The second-order valence-electron chi connectivity index (χ2n) is 1.54. The summed E-state index contributed by atoms with van der Waals surface area (Å²) in [4.78, 5) is 9.65. The smallest absolute Gasteiger partial charge is 0.322 e. The molecule has 0 unspecified atom stereocenters. The standard InChI is InChI=1S/C3H7NO3.C2H6O.ClH/c4-2(1-5)3(6)7;1-3-2;/h2,5H,1,4H2,(H,6,7);1-2H3;1H/t2-;;/m0../s1. The monoisotopic (exact) mass is 187 g/mol. The van der Waals surface area contributed by atoms with E-state index in [9.17, 15) is 4.79 Å². The molecule has 0 fully saturated rings. The molecule has 6 heteroatoms. The molecule has 0 aliphatic carbocycles. The molecule has 0 saturated carbocycles. The highest BCUT2D eigenvalue weighted by molar-refractivity contribution is 5.85. The molecule has 0 bridgehead atoms. The van der Waals surface area contributed by atoms with Gasteiger partial charge in [0, 0.05) is 14.2 Å². The zero-order chi connectivity index (χ0) is 8.57. The van der Waals surface area contributed by atoms with Crippen molar-refractivity contribution in [2.45, 2.75) is 6.04 Å². The molecular formula is C5H14ClNO4. The molecule has 0 aromatic carbocycles. The lowest BCUT2D eigenvalue weighted by Crippen LogP contribution is -2.33. The van der Waals surface area contributed by atoms with Crippen LogP contribution in [0.15, 0.2) is 0 Å². The number of carbonyl (C=O) groups is 1. The molecule has 4 N–H and O–H groups in total. The van der Waals surface area contributed by atoms with Gasteiger partial charge in [0.25, 0.3) is 0 Å². The Balaban J connectivity index is -0.000000140. The average molecular weight is 188 g/mol. The van der Waals surface area contributed by atoms with Crippen LogP contribution in [0.2, 0.25) is 0 Å². The summed E-state index contributed by atoms with van der Waals surface area (Å²) in [5, 5.41) is 15.9. The molecular weight excluding hydrogens is 174 g/mol. The zero-order valence-corrected chi connectivity index (χ0v) is 7.30. The van der Waals surface area contributed by atoms with Crippen LogP contribution in [0.3, 0.4) is 0 Å². The minimum atomic E-state index is -1.18. The Kier molecular flexibility index (Phi) is 19.0. The Morgan fingerprint density at radius 2 is 1.91 bits per heavy atom. The first kappa shape index (κ1) is 16.9. The molecule has 0 saturated heterocycles. The second kappa shape index (κ2) is 12.3. The van der Waals surface area contributed by atoms with Crippen LogP contribution in [0.5, 0.6) is 0 Å². The van der Waals surface area contributed by atoms with E-state index in [1.807, 2.05) is 0 Å².